The van der Waals surface area contributed by atoms with E-state index < -0.39 is 0 Å². The molecular formula is C16H18N2OS. The molecule has 0 bridgehead atoms. The average molecular weight is 286 g/mol. The maximum Gasteiger partial charge on any atom is 0.219 e. The van der Waals surface area contributed by atoms with Crippen LogP contribution in [0.2, 0.25) is 0 Å². The molecule has 3 nitrogen and oxygen atoms in total. The van der Waals surface area contributed by atoms with Crippen LogP contribution in [0.3, 0.4) is 0 Å². The summed E-state index contributed by atoms with van der Waals surface area (Å²) in [6.45, 7) is 4.55. The van der Waals surface area contributed by atoms with Gasteiger partial charge >= 0.3 is 0 Å². The minimum Gasteiger partial charge on any atom is -0.353 e. The average Bonchev–Trinajstić information content (AvgIpc) is 3.00. The Labute approximate surface area is 122 Å². The molecule has 1 N–H and O–H groups in total. The third kappa shape index (κ3) is 2.36. The third-order valence-corrected chi connectivity index (χ3v) is 4.71. The molecule has 20 heavy (non-hydrogen) atoms. The van der Waals surface area contributed by atoms with E-state index in [1.807, 2.05) is 6.92 Å². The van der Waals surface area contributed by atoms with E-state index in [0.29, 0.717) is 13.0 Å². The maximum absolute atomic E-state index is 11.3. The van der Waals surface area contributed by atoms with Crippen molar-refractivity contribution in [3.05, 3.63) is 34.3 Å². The van der Waals surface area contributed by atoms with Crippen molar-refractivity contribution in [1.82, 2.24) is 10.3 Å². The second-order valence-electron chi connectivity index (χ2n) is 5.07. The summed E-state index contributed by atoms with van der Waals surface area (Å²) in [5.41, 5.74) is 5.22. The number of allylic oxidation sites excluding steroid dienone is 1. The number of rotatable bonds is 3. The standard InChI is InChI=1S/C16H18N2OS/c1-3-14(19)17-9-8-12-5-4-11-6-7-13-16(15(11)12)20-10(2)18-13/h6-8H,3-5,9H2,1-2H3,(H,17,19)/b12-8+. The van der Waals surface area contributed by atoms with Crippen molar-refractivity contribution < 1.29 is 4.79 Å². The molecule has 1 aromatic heterocycles. The van der Waals surface area contributed by atoms with Crippen LogP contribution in [0.5, 0.6) is 0 Å². The summed E-state index contributed by atoms with van der Waals surface area (Å²) in [7, 11) is 0. The van der Waals surface area contributed by atoms with Crippen molar-refractivity contribution in [2.45, 2.75) is 33.1 Å². The van der Waals surface area contributed by atoms with Crippen molar-refractivity contribution in [2.24, 2.45) is 0 Å². The number of amides is 1. The SMILES string of the molecule is CCC(=O)NC/C=C1\CCc2ccc3nc(C)sc3c21. The van der Waals surface area contributed by atoms with Gasteiger partial charge in [0.25, 0.3) is 0 Å². The Bertz CT molecular complexity index is 700. The number of aryl methyl sites for hydroxylation is 2. The van der Waals surface area contributed by atoms with E-state index in [9.17, 15) is 4.79 Å². The van der Waals surface area contributed by atoms with E-state index in [4.69, 9.17) is 0 Å². The maximum atomic E-state index is 11.3. The molecule has 0 aliphatic heterocycles. The quantitative estimate of drug-likeness (QED) is 0.939. The minimum atomic E-state index is 0.104. The van der Waals surface area contributed by atoms with Crippen LogP contribution in [-0.4, -0.2) is 17.4 Å². The van der Waals surface area contributed by atoms with Gasteiger partial charge in [-0.15, -0.1) is 11.3 Å². The molecule has 1 aromatic carbocycles. The first kappa shape index (κ1) is 13.3. The lowest BCUT2D eigenvalue weighted by Crippen LogP contribution is -2.22. The number of benzene rings is 1. The molecule has 1 aliphatic carbocycles. The predicted octanol–water partition coefficient (Wildman–Crippen LogP) is 3.46. The van der Waals surface area contributed by atoms with Crippen LogP contribution in [0.4, 0.5) is 0 Å². The summed E-state index contributed by atoms with van der Waals surface area (Å²) in [6, 6.07) is 4.32. The van der Waals surface area contributed by atoms with Gasteiger partial charge in [-0.25, -0.2) is 4.98 Å². The first-order valence-electron chi connectivity index (χ1n) is 7.04. The van der Waals surface area contributed by atoms with Crippen molar-refractivity contribution in [1.29, 1.82) is 0 Å². The lowest BCUT2D eigenvalue weighted by Gasteiger charge is -2.04. The number of carbonyl (C=O) groups excluding carboxylic acids is 1. The molecule has 1 amide bonds. The molecule has 0 radical (unpaired) electrons. The third-order valence-electron chi connectivity index (χ3n) is 3.70. The van der Waals surface area contributed by atoms with E-state index in [0.717, 1.165) is 23.4 Å². The van der Waals surface area contributed by atoms with Crippen molar-refractivity contribution in [2.75, 3.05) is 6.54 Å². The molecule has 0 saturated carbocycles. The van der Waals surface area contributed by atoms with Crippen LogP contribution in [0.1, 0.15) is 35.9 Å². The van der Waals surface area contributed by atoms with Crippen LogP contribution in [-0.2, 0) is 11.2 Å². The van der Waals surface area contributed by atoms with Gasteiger partial charge in [0.2, 0.25) is 5.91 Å². The summed E-state index contributed by atoms with van der Waals surface area (Å²) in [5.74, 6) is 0.104. The fraction of sp³-hybridized carbons (Fsp3) is 0.375. The second kappa shape index (κ2) is 5.37. The summed E-state index contributed by atoms with van der Waals surface area (Å²) in [5, 5.41) is 4.03. The number of fused-ring (bicyclic) bond motifs is 3. The minimum absolute atomic E-state index is 0.104. The van der Waals surface area contributed by atoms with Gasteiger partial charge in [-0.2, -0.15) is 0 Å². The molecule has 0 saturated heterocycles. The second-order valence-corrected chi connectivity index (χ2v) is 6.27. The van der Waals surface area contributed by atoms with Crippen LogP contribution < -0.4 is 5.32 Å². The monoisotopic (exact) mass is 286 g/mol. The molecule has 2 aromatic rings. The number of hydrogen-bond acceptors (Lipinski definition) is 3. The van der Waals surface area contributed by atoms with Gasteiger partial charge in [-0.1, -0.05) is 19.1 Å². The van der Waals surface area contributed by atoms with Crippen molar-refractivity contribution >= 4 is 33.0 Å². The highest BCUT2D eigenvalue weighted by Crippen LogP contribution is 2.39. The molecule has 1 aliphatic rings. The molecule has 0 atom stereocenters. The topological polar surface area (TPSA) is 42.0 Å². The number of aromatic nitrogens is 1. The number of thiazole rings is 1. The number of nitrogens with zero attached hydrogens (tertiary/aromatic N) is 1. The highest BCUT2D eigenvalue weighted by Gasteiger charge is 2.20. The predicted molar refractivity (Wildman–Crippen MR) is 84.0 cm³/mol. The van der Waals surface area contributed by atoms with Crippen molar-refractivity contribution in [3.63, 3.8) is 0 Å². The zero-order valence-electron chi connectivity index (χ0n) is 11.8. The first-order valence-corrected chi connectivity index (χ1v) is 7.86. The lowest BCUT2D eigenvalue weighted by atomic mass is 10.1. The van der Waals surface area contributed by atoms with Gasteiger partial charge in [0.1, 0.15) is 0 Å². The van der Waals surface area contributed by atoms with Gasteiger partial charge in [0.15, 0.2) is 0 Å². The molecule has 0 unspecified atom stereocenters. The van der Waals surface area contributed by atoms with Gasteiger partial charge < -0.3 is 5.32 Å². The normalized spacial score (nSPS) is 15.8. The van der Waals surface area contributed by atoms with E-state index in [1.54, 1.807) is 11.3 Å². The van der Waals surface area contributed by atoms with Gasteiger partial charge in [0, 0.05) is 18.5 Å². The largest absolute Gasteiger partial charge is 0.353 e. The summed E-state index contributed by atoms with van der Waals surface area (Å²) >= 11 is 1.77. The zero-order valence-corrected chi connectivity index (χ0v) is 12.6. The van der Waals surface area contributed by atoms with Crippen molar-refractivity contribution in [3.8, 4) is 0 Å². The van der Waals surface area contributed by atoms with Crippen LogP contribution in [0.15, 0.2) is 18.2 Å². The number of nitrogens with one attached hydrogen (secondary N) is 1. The molecule has 3 rings (SSSR count). The Kier molecular flexibility index (Phi) is 3.57. The summed E-state index contributed by atoms with van der Waals surface area (Å²) < 4.78 is 1.30. The molecular weight excluding hydrogens is 268 g/mol. The molecule has 4 heteroatoms. The Balaban J connectivity index is 1.94. The van der Waals surface area contributed by atoms with Crippen LogP contribution in [0, 0.1) is 6.92 Å². The Morgan fingerprint density at radius 3 is 3.10 bits per heavy atom. The lowest BCUT2D eigenvalue weighted by molar-refractivity contribution is -0.120. The van der Waals surface area contributed by atoms with Crippen LogP contribution in [0.25, 0.3) is 15.8 Å². The highest BCUT2D eigenvalue weighted by molar-refractivity contribution is 7.18. The summed E-state index contributed by atoms with van der Waals surface area (Å²) in [6.07, 6.45) is 4.86. The number of carbonyl (C=O) groups is 1. The highest BCUT2D eigenvalue weighted by atomic mass is 32.1. The van der Waals surface area contributed by atoms with E-state index in [-0.39, 0.29) is 5.91 Å². The van der Waals surface area contributed by atoms with Crippen LogP contribution >= 0.6 is 11.3 Å². The van der Waals surface area contributed by atoms with Gasteiger partial charge in [-0.3, -0.25) is 4.79 Å². The van der Waals surface area contributed by atoms with Gasteiger partial charge in [0.05, 0.1) is 15.2 Å². The Morgan fingerprint density at radius 1 is 1.45 bits per heavy atom. The fourth-order valence-electron chi connectivity index (χ4n) is 2.72. The summed E-state index contributed by atoms with van der Waals surface area (Å²) in [4.78, 5) is 15.9. The Hall–Kier alpha value is -1.68. The first-order chi connectivity index (χ1) is 9.69. The van der Waals surface area contributed by atoms with E-state index in [2.05, 4.69) is 35.4 Å². The molecule has 0 fully saturated rings. The van der Waals surface area contributed by atoms with E-state index in [1.165, 1.54) is 21.4 Å². The van der Waals surface area contributed by atoms with E-state index >= 15 is 0 Å². The number of hydrogen-bond donors (Lipinski definition) is 1. The molecule has 104 valence electrons. The smallest absolute Gasteiger partial charge is 0.219 e. The molecule has 0 spiro atoms. The van der Waals surface area contributed by atoms with Gasteiger partial charge in [-0.05, 0) is 37.0 Å². The zero-order chi connectivity index (χ0) is 14.1. The Morgan fingerprint density at radius 2 is 2.30 bits per heavy atom. The molecule has 1 heterocycles. The fourth-order valence-corrected chi connectivity index (χ4v) is 3.74.